The standard InChI is InChI=1S/C31H41NO2P.C13H26BrNO2.BrH/c1-30(2)24-26(25-31(3,4)32(30)33)34-22-14-15-23-35(27-16-8-5-9-17-27,28-18-10-6-11-19-28)29-20-12-7-13-21-29;1-12(2)9-11(17-8-6-5-7-14)10-13(3,4)15(12)16;/h5-13,16-21,26,33H,14-15,22-25H2,1-4H3;11,16H,5-10H2,1-4H3;1H/q+1;;/p-1. The van der Waals surface area contributed by atoms with Crippen molar-refractivity contribution in [1.29, 1.82) is 0 Å². The molecule has 0 radical (unpaired) electrons. The van der Waals surface area contributed by atoms with E-state index in [0.29, 0.717) is 0 Å². The van der Waals surface area contributed by atoms with Crippen LogP contribution in [0.5, 0.6) is 0 Å². The van der Waals surface area contributed by atoms with E-state index in [1.54, 1.807) is 0 Å². The number of rotatable bonds is 14. The van der Waals surface area contributed by atoms with Crippen LogP contribution in [0, 0.1) is 0 Å². The lowest BCUT2D eigenvalue weighted by Gasteiger charge is -2.51. The van der Waals surface area contributed by atoms with Gasteiger partial charge in [0, 0.05) is 40.7 Å². The van der Waals surface area contributed by atoms with Crippen molar-refractivity contribution in [3.63, 3.8) is 0 Å². The van der Waals surface area contributed by atoms with E-state index in [2.05, 4.69) is 162 Å². The Balaban J connectivity index is 0.000000355. The molecule has 0 saturated carbocycles. The van der Waals surface area contributed by atoms with E-state index in [4.69, 9.17) is 9.47 Å². The highest BCUT2D eigenvalue weighted by Crippen LogP contribution is 2.56. The third-order valence-electron chi connectivity index (χ3n) is 10.9. The second kappa shape index (κ2) is 20.3. The van der Waals surface area contributed by atoms with Crippen LogP contribution in [-0.2, 0) is 9.47 Å². The summed E-state index contributed by atoms with van der Waals surface area (Å²) in [6, 6.07) is 33.3. The molecule has 6 nitrogen and oxygen atoms in total. The van der Waals surface area contributed by atoms with Gasteiger partial charge in [-0.3, -0.25) is 0 Å². The van der Waals surface area contributed by atoms with E-state index in [1.165, 1.54) is 26.0 Å². The van der Waals surface area contributed by atoms with Crippen molar-refractivity contribution in [2.75, 3.05) is 24.7 Å². The number of unbranched alkanes of at least 4 members (excludes halogenated alkanes) is 2. The number of nitrogens with zero attached hydrogens (tertiary/aromatic N) is 2. The summed E-state index contributed by atoms with van der Waals surface area (Å²) in [5.41, 5.74) is -0.967. The fourth-order valence-corrected chi connectivity index (χ4v) is 13.4. The molecule has 2 fully saturated rings. The van der Waals surface area contributed by atoms with Gasteiger partial charge in [-0.2, -0.15) is 10.1 Å². The van der Waals surface area contributed by atoms with E-state index in [-0.39, 0.29) is 51.3 Å². The molecule has 0 spiro atoms. The second-order valence-corrected chi connectivity index (χ2v) is 21.7. The van der Waals surface area contributed by atoms with Crippen LogP contribution in [-0.4, -0.2) is 79.6 Å². The number of halogens is 2. The Labute approximate surface area is 341 Å². The molecule has 0 bridgehead atoms. The maximum Gasteiger partial charge on any atom is 0.112 e. The predicted molar refractivity (Wildman–Crippen MR) is 224 cm³/mol. The Kier molecular flexibility index (Phi) is 17.7. The average molecular weight is 879 g/mol. The maximum atomic E-state index is 10.6. The molecule has 0 unspecified atom stereocenters. The molecular weight excluding hydrogens is 811 g/mol. The van der Waals surface area contributed by atoms with Crippen LogP contribution in [0.1, 0.15) is 107 Å². The van der Waals surface area contributed by atoms with E-state index < -0.39 is 7.26 Å². The van der Waals surface area contributed by atoms with Crippen LogP contribution in [0.3, 0.4) is 0 Å². The molecule has 0 aromatic heterocycles. The van der Waals surface area contributed by atoms with E-state index in [0.717, 1.165) is 76.1 Å². The smallest absolute Gasteiger partial charge is 0.112 e. The highest BCUT2D eigenvalue weighted by atomic mass is 79.9. The number of piperidine rings is 2. The zero-order valence-corrected chi connectivity index (χ0v) is 37.7. The molecule has 0 atom stereocenters. The summed E-state index contributed by atoms with van der Waals surface area (Å²) in [5, 5.41) is 29.1. The van der Waals surface area contributed by atoms with Crippen molar-refractivity contribution >= 4 is 39.1 Å². The minimum absolute atomic E-state index is 0. The van der Waals surface area contributed by atoms with Crippen molar-refractivity contribution in [3.8, 4) is 0 Å². The van der Waals surface area contributed by atoms with Crippen molar-refractivity contribution in [2.45, 2.75) is 141 Å². The van der Waals surface area contributed by atoms with Crippen LogP contribution >= 0.6 is 23.2 Å². The average Bonchev–Trinajstić information content (AvgIpc) is 3.11. The van der Waals surface area contributed by atoms with E-state index >= 15 is 0 Å². The minimum atomic E-state index is -1.77. The quantitative estimate of drug-likeness (QED) is 0.106. The summed E-state index contributed by atoms with van der Waals surface area (Å²) in [7, 11) is -1.77. The topological polar surface area (TPSA) is 65.4 Å². The largest absolute Gasteiger partial charge is 1.00 e. The summed E-state index contributed by atoms with van der Waals surface area (Å²) in [4.78, 5) is 0. The Morgan fingerprint density at radius 3 is 1.15 bits per heavy atom. The van der Waals surface area contributed by atoms with Crippen LogP contribution in [0.2, 0.25) is 0 Å². The highest BCUT2D eigenvalue weighted by molar-refractivity contribution is 9.09. The van der Waals surface area contributed by atoms with E-state index in [9.17, 15) is 10.4 Å². The molecule has 3 aromatic carbocycles. The molecule has 5 rings (SSSR count). The van der Waals surface area contributed by atoms with Crippen LogP contribution in [0.15, 0.2) is 91.0 Å². The zero-order chi connectivity index (χ0) is 38.0. The summed E-state index contributed by atoms with van der Waals surface area (Å²) in [5.74, 6) is 0. The monoisotopic (exact) mass is 876 g/mol. The molecule has 53 heavy (non-hydrogen) atoms. The van der Waals surface area contributed by atoms with Crippen LogP contribution in [0.4, 0.5) is 0 Å². The Morgan fingerprint density at radius 2 is 0.849 bits per heavy atom. The lowest BCUT2D eigenvalue weighted by molar-refractivity contribution is -0.261. The molecule has 0 aliphatic carbocycles. The van der Waals surface area contributed by atoms with Crippen molar-refractivity contribution in [2.24, 2.45) is 0 Å². The summed E-state index contributed by atoms with van der Waals surface area (Å²) in [6.07, 6.45) is 9.45. The molecule has 2 N–H and O–H groups in total. The molecule has 2 heterocycles. The molecular formula is C44H67Br2N2O4P. The lowest BCUT2D eigenvalue weighted by Crippen LogP contribution is -3.00. The first kappa shape index (κ1) is 46.2. The molecule has 296 valence electrons. The van der Waals surface area contributed by atoms with Gasteiger partial charge in [0.1, 0.15) is 23.2 Å². The minimum Gasteiger partial charge on any atom is -1.00 e. The van der Waals surface area contributed by atoms with Crippen LogP contribution in [0.25, 0.3) is 0 Å². The first-order valence-electron chi connectivity index (χ1n) is 19.4. The number of hydrogen-bond donors (Lipinski definition) is 2. The van der Waals surface area contributed by atoms with Gasteiger partial charge in [0.05, 0.1) is 18.4 Å². The third kappa shape index (κ3) is 12.2. The van der Waals surface area contributed by atoms with Gasteiger partial charge in [-0.1, -0.05) is 70.5 Å². The first-order valence-corrected chi connectivity index (χ1v) is 22.5. The zero-order valence-electron chi connectivity index (χ0n) is 33.6. The van der Waals surface area contributed by atoms with Gasteiger partial charge in [-0.15, -0.1) is 0 Å². The number of hydrogen-bond acceptors (Lipinski definition) is 6. The number of ether oxygens (including phenoxy) is 2. The van der Waals surface area contributed by atoms with Gasteiger partial charge in [-0.25, -0.2) is 0 Å². The van der Waals surface area contributed by atoms with Gasteiger partial charge in [0.15, 0.2) is 0 Å². The van der Waals surface area contributed by atoms with Crippen molar-refractivity contribution < 1.29 is 36.9 Å². The van der Waals surface area contributed by atoms with Gasteiger partial charge in [0.25, 0.3) is 0 Å². The highest BCUT2D eigenvalue weighted by Gasteiger charge is 2.47. The molecule has 2 saturated heterocycles. The first-order chi connectivity index (χ1) is 24.5. The van der Waals surface area contributed by atoms with Gasteiger partial charge in [0.2, 0.25) is 0 Å². The fourth-order valence-electron chi connectivity index (χ4n) is 8.62. The Bertz CT molecular complexity index is 1340. The number of benzene rings is 3. The molecule has 2 aliphatic rings. The van der Waals surface area contributed by atoms with Gasteiger partial charge >= 0.3 is 0 Å². The molecule has 9 heteroatoms. The molecule has 0 amide bonds. The van der Waals surface area contributed by atoms with E-state index in [1.807, 2.05) is 0 Å². The number of hydroxylamine groups is 4. The predicted octanol–water partition coefficient (Wildman–Crippen LogP) is 6.78. The maximum absolute atomic E-state index is 10.6. The van der Waals surface area contributed by atoms with Crippen LogP contribution < -0.4 is 32.9 Å². The summed E-state index contributed by atoms with van der Waals surface area (Å²) in [6.45, 7) is 18.3. The van der Waals surface area contributed by atoms with Gasteiger partial charge in [-0.05, 0) is 143 Å². The fraction of sp³-hybridized carbons (Fsp3) is 0.591. The molecule has 3 aromatic rings. The third-order valence-corrected chi connectivity index (χ3v) is 16.0. The summed E-state index contributed by atoms with van der Waals surface area (Å²) >= 11 is 3.42. The number of alkyl halides is 1. The summed E-state index contributed by atoms with van der Waals surface area (Å²) < 4.78 is 12.4. The SMILES string of the molecule is CC1(C)CC(OCCCCBr)CC(C)(C)N1O.CC1(C)CC(OCCCC[P+](c2ccccc2)(c2ccccc2)c2ccccc2)CC(C)(C)N1O.[Br-]. The van der Waals surface area contributed by atoms with Crippen molar-refractivity contribution in [1.82, 2.24) is 10.1 Å². The second-order valence-electron chi connectivity index (χ2n) is 17.3. The normalized spacial score (nSPS) is 20.2. The van der Waals surface area contributed by atoms with Gasteiger partial charge < -0.3 is 36.9 Å². The Morgan fingerprint density at radius 1 is 0.547 bits per heavy atom. The molecule has 2 aliphatic heterocycles. The van der Waals surface area contributed by atoms with Crippen molar-refractivity contribution in [3.05, 3.63) is 91.0 Å². The Hall–Kier alpha value is -1.19. The lowest BCUT2D eigenvalue weighted by atomic mass is 9.80.